The fourth-order valence-corrected chi connectivity index (χ4v) is 8.07. The van der Waals surface area contributed by atoms with Crippen LogP contribution in [0.1, 0.15) is 213 Å². The average Bonchev–Trinajstić information content (AvgIpc) is 3.43. The molecular formula is C66H105O11P. The van der Waals surface area contributed by atoms with Gasteiger partial charge in [0.05, 0.1) is 19.8 Å². The summed E-state index contributed by atoms with van der Waals surface area (Å²) in [5.74, 6) is -1.63. The normalized spacial score (nSPS) is 14.4. The number of aliphatic hydroxyl groups excluding tert-OH is 1. The average molecular weight is 1110 g/mol. The van der Waals surface area contributed by atoms with Crippen LogP contribution < -0.4 is 0 Å². The van der Waals surface area contributed by atoms with Crippen LogP contribution in [0.5, 0.6) is 0 Å². The second kappa shape index (κ2) is 58.5. The van der Waals surface area contributed by atoms with Crippen LogP contribution in [0, 0.1) is 0 Å². The summed E-state index contributed by atoms with van der Waals surface area (Å²) in [5.41, 5.74) is 0. The van der Waals surface area contributed by atoms with Crippen LogP contribution in [-0.4, -0.2) is 66.5 Å². The molecule has 0 bridgehead atoms. The molecule has 0 heterocycles. The molecule has 0 aromatic carbocycles. The highest BCUT2D eigenvalue weighted by atomic mass is 31.2. The molecule has 440 valence electrons. The van der Waals surface area contributed by atoms with Gasteiger partial charge >= 0.3 is 25.7 Å². The van der Waals surface area contributed by atoms with E-state index in [4.69, 9.17) is 23.3 Å². The first-order valence-corrected chi connectivity index (χ1v) is 31.2. The van der Waals surface area contributed by atoms with Crippen molar-refractivity contribution in [2.45, 2.75) is 226 Å². The van der Waals surface area contributed by atoms with Gasteiger partial charge in [-0.3, -0.25) is 23.4 Å². The molecule has 0 aliphatic carbocycles. The van der Waals surface area contributed by atoms with Gasteiger partial charge in [-0.05, 0) is 128 Å². The molecule has 0 aromatic heterocycles. The van der Waals surface area contributed by atoms with Crippen molar-refractivity contribution in [3.8, 4) is 0 Å². The third kappa shape index (κ3) is 56.1. The molecule has 0 aliphatic heterocycles. The summed E-state index contributed by atoms with van der Waals surface area (Å²) in [5, 5.41) is 9.83. The van der Waals surface area contributed by atoms with Crippen LogP contribution in [-0.2, 0) is 42.2 Å². The van der Waals surface area contributed by atoms with Crippen molar-refractivity contribution in [3.05, 3.63) is 146 Å². The predicted molar refractivity (Wildman–Crippen MR) is 325 cm³/mol. The van der Waals surface area contributed by atoms with Gasteiger partial charge in [0.1, 0.15) is 12.7 Å². The molecule has 0 amide bonds. The van der Waals surface area contributed by atoms with E-state index < -0.39 is 57.8 Å². The first-order valence-electron chi connectivity index (χ1n) is 29.7. The minimum Gasteiger partial charge on any atom is -0.462 e. The van der Waals surface area contributed by atoms with Crippen molar-refractivity contribution in [2.75, 3.05) is 26.4 Å². The molecule has 11 nitrogen and oxygen atoms in total. The van der Waals surface area contributed by atoms with Gasteiger partial charge in [-0.1, -0.05) is 212 Å². The number of carbonyl (C=O) groups excluding carboxylic acids is 3. The number of allylic oxidation sites excluding steroid dienone is 24. The Bertz CT molecular complexity index is 1860. The van der Waals surface area contributed by atoms with Crippen LogP contribution in [0.4, 0.5) is 0 Å². The molecule has 0 saturated heterocycles. The Hall–Kier alpha value is -4.64. The Morgan fingerprint density at radius 2 is 0.692 bits per heavy atom. The number of phosphoric ester groups is 1. The van der Waals surface area contributed by atoms with Gasteiger partial charge in [0, 0.05) is 19.3 Å². The zero-order valence-electron chi connectivity index (χ0n) is 48.6. The first-order chi connectivity index (χ1) is 38.2. The quantitative estimate of drug-likeness (QED) is 0.0197. The number of rotatable bonds is 53. The molecule has 0 fully saturated rings. The van der Waals surface area contributed by atoms with E-state index in [1.165, 1.54) is 19.3 Å². The van der Waals surface area contributed by atoms with E-state index in [0.717, 1.165) is 128 Å². The minimum atomic E-state index is -4.79. The lowest BCUT2D eigenvalue weighted by Crippen LogP contribution is -2.30. The molecule has 3 unspecified atom stereocenters. The predicted octanol–water partition coefficient (Wildman–Crippen LogP) is 17.9. The molecule has 78 heavy (non-hydrogen) atoms. The van der Waals surface area contributed by atoms with Crippen molar-refractivity contribution in [1.82, 2.24) is 0 Å². The maximum Gasteiger partial charge on any atom is 0.472 e. The topological polar surface area (TPSA) is 155 Å². The number of esters is 3. The van der Waals surface area contributed by atoms with E-state index in [9.17, 15) is 28.9 Å². The summed E-state index contributed by atoms with van der Waals surface area (Å²) in [6.07, 6.45) is 75.3. The zero-order valence-corrected chi connectivity index (χ0v) is 49.5. The fraction of sp³-hybridized carbons (Fsp3) is 0.591. The largest absolute Gasteiger partial charge is 0.472 e. The molecule has 0 rings (SSSR count). The first kappa shape index (κ1) is 73.4. The lowest BCUT2D eigenvalue weighted by Gasteiger charge is -2.21. The SMILES string of the molecule is CC/C=C\C/C=C\C/C=C\C/C=C\C/C=C\C/C=C\CCC(=O)OC(COC(=O)CCCCCC/C=C\C/C=C\C/C=C\C/C=C\CC)COP(=O)(O)OCC(CO)OC(=O)CCCCCCC/C=C\C/C=C\CCCCC. The Morgan fingerprint density at radius 1 is 0.372 bits per heavy atom. The molecule has 0 spiro atoms. The summed E-state index contributed by atoms with van der Waals surface area (Å²) in [4.78, 5) is 48.6. The minimum absolute atomic E-state index is 0.0273. The molecule has 0 aromatic rings. The standard InChI is InChI=1S/C66H105O11P/c1-4-7-10-13-16-19-22-25-28-30-31-33-36-39-42-45-48-51-54-57-66(70)77-63(59-73-64(68)55-52-49-46-43-40-37-35-32-29-26-23-20-17-14-11-8-5-2)61-75-78(71,72)74-60-62(58-67)76-65(69)56-53-50-47-44-41-38-34-27-24-21-18-15-12-9-6-3/h7-8,10-11,16-21,25-29,31,33-35,37,39,42,48,51,62-63,67H,4-6,9,12-15,22-24,30,32,36,38,40-41,43-47,49-50,52-61H2,1-3H3,(H,71,72)/b10-7-,11-8-,19-16-,20-17-,21-18-,28-25-,29-26-,33-31-,34-27-,37-35-,42-39-,51-48-. The summed E-state index contributed by atoms with van der Waals surface area (Å²) in [6.45, 7) is 4.24. The second-order valence-corrected chi connectivity index (χ2v) is 20.5. The summed E-state index contributed by atoms with van der Waals surface area (Å²) in [7, 11) is -4.79. The van der Waals surface area contributed by atoms with Gasteiger partial charge < -0.3 is 24.2 Å². The van der Waals surface area contributed by atoms with Crippen molar-refractivity contribution in [1.29, 1.82) is 0 Å². The molecule has 0 radical (unpaired) electrons. The van der Waals surface area contributed by atoms with Crippen molar-refractivity contribution >= 4 is 25.7 Å². The van der Waals surface area contributed by atoms with E-state index in [1.54, 1.807) is 0 Å². The number of phosphoric acid groups is 1. The van der Waals surface area contributed by atoms with Crippen molar-refractivity contribution < 1.29 is 52.2 Å². The van der Waals surface area contributed by atoms with E-state index in [0.29, 0.717) is 25.7 Å². The van der Waals surface area contributed by atoms with Gasteiger partial charge in [0.2, 0.25) is 0 Å². The van der Waals surface area contributed by atoms with Gasteiger partial charge in [-0.15, -0.1) is 0 Å². The highest BCUT2D eigenvalue weighted by Gasteiger charge is 2.28. The van der Waals surface area contributed by atoms with E-state index in [-0.39, 0.29) is 25.9 Å². The van der Waals surface area contributed by atoms with Crippen molar-refractivity contribution in [2.24, 2.45) is 0 Å². The number of carbonyl (C=O) groups is 3. The number of unbranched alkanes of at least 4 members (excludes halogenated alkanes) is 12. The molecule has 0 aliphatic rings. The van der Waals surface area contributed by atoms with Crippen LogP contribution in [0.3, 0.4) is 0 Å². The lowest BCUT2D eigenvalue weighted by molar-refractivity contribution is -0.161. The Labute approximate surface area is 473 Å². The lowest BCUT2D eigenvalue weighted by atomic mass is 10.1. The molecular weight excluding hydrogens is 1000 g/mol. The van der Waals surface area contributed by atoms with Gasteiger partial charge in [0.15, 0.2) is 6.10 Å². The smallest absolute Gasteiger partial charge is 0.462 e. The van der Waals surface area contributed by atoms with E-state index in [1.807, 2.05) is 12.2 Å². The third-order valence-corrected chi connectivity index (χ3v) is 12.7. The molecule has 3 atom stereocenters. The fourth-order valence-electron chi connectivity index (χ4n) is 7.28. The van der Waals surface area contributed by atoms with Gasteiger partial charge in [0.25, 0.3) is 0 Å². The van der Waals surface area contributed by atoms with Crippen LogP contribution in [0.25, 0.3) is 0 Å². The van der Waals surface area contributed by atoms with Crippen LogP contribution in [0.2, 0.25) is 0 Å². The Morgan fingerprint density at radius 3 is 1.10 bits per heavy atom. The highest BCUT2D eigenvalue weighted by Crippen LogP contribution is 2.43. The van der Waals surface area contributed by atoms with Gasteiger partial charge in [-0.2, -0.15) is 0 Å². The zero-order chi connectivity index (χ0) is 56.9. The monoisotopic (exact) mass is 1100 g/mol. The maximum atomic E-state index is 12.9. The molecule has 0 saturated carbocycles. The van der Waals surface area contributed by atoms with Crippen LogP contribution in [0.15, 0.2) is 146 Å². The molecule has 12 heteroatoms. The molecule has 2 N–H and O–H groups in total. The van der Waals surface area contributed by atoms with E-state index in [2.05, 4.69) is 154 Å². The Balaban J connectivity index is 4.91. The summed E-state index contributed by atoms with van der Waals surface area (Å²) < 4.78 is 39.4. The summed E-state index contributed by atoms with van der Waals surface area (Å²) in [6, 6.07) is 0. The van der Waals surface area contributed by atoms with Crippen molar-refractivity contribution in [3.63, 3.8) is 0 Å². The third-order valence-electron chi connectivity index (χ3n) is 11.7. The van der Waals surface area contributed by atoms with E-state index >= 15 is 0 Å². The van der Waals surface area contributed by atoms with Crippen LogP contribution >= 0.6 is 7.82 Å². The number of hydrogen-bond acceptors (Lipinski definition) is 10. The number of aliphatic hydroxyl groups is 1. The maximum absolute atomic E-state index is 12.9. The Kier molecular flexibility index (Phi) is 55.0. The second-order valence-electron chi connectivity index (χ2n) is 19.0. The van der Waals surface area contributed by atoms with Gasteiger partial charge in [-0.25, -0.2) is 4.57 Å². The number of hydrogen-bond donors (Lipinski definition) is 2. The summed E-state index contributed by atoms with van der Waals surface area (Å²) >= 11 is 0. The number of ether oxygens (including phenoxy) is 3. The highest BCUT2D eigenvalue weighted by molar-refractivity contribution is 7.47.